The van der Waals surface area contributed by atoms with Gasteiger partial charge in [-0.15, -0.1) is 0 Å². The van der Waals surface area contributed by atoms with Gasteiger partial charge in [0.05, 0.1) is 5.56 Å². The predicted molar refractivity (Wildman–Crippen MR) is 123 cm³/mol. The minimum atomic E-state index is -4.68. The second kappa shape index (κ2) is 17.0. The van der Waals surface area contributed by atoms with Crippen molar-refractivity contribution in [2.75, 3.05) is 6.54 Å². The standard InChI is InChI=1S/C26H41F4NO/c1-2-3-4-5-6-7-8-9-10-11-12-13-14-15-16-17-18-31-25(32)22-19-23(26(28,29)30)21-24(27)20-22/h19-21H,2-18H2,1H3,(H,31,32). The molecule has 0 saturated heterocycles. The molecule has 0 unspecified atom stereocenters. The summed E-state index contributed by atoms with van der Waals surface area (Å²) >= 11 is 0. The molecule has 0 aromatic heterocycles. The van der Waals surface area contributed by atoms with Gasteiger partial charge in [-0.1, -0.05) is 103 Å². The topological polar surface area (TPSA) is 29.1 Å². The zero-order valence-electron chi connectivity index (χ0n) is 19.7. The van der Waals surface area contributed by atoms with Crippen LogP contribution in [0.25, 0.3) is 0 Å². The number of benzene rings is 1. The lowest BCUT2D eigenvalue weighted by molar-refractivity contribution is -0.137. The van der Waals surface area contributed by atoms with Crippen molar-refractivity contribution in [3.05, 3.63) is 35.1 Å². The van der Waals surface area contributed by atoms with Crippen LogP contribution in [0.2, 0.25) is 0 Å². The fourth-order valence-corrected chi connectivity index (χ4v) is 3.86. The summed E-state index contributed by atoms with van der Waals surface area (Å²) in [7, 11) is 0. The Morgan fingerprint density at radius 3 is 1.59 bits per heavy atom. The molecule has 0 fully saturated rings. The van der Waals surface area contributed by atoms with E-state index >= 15 is 0 Å². The molecule has 0 spiro atoms. The average molecular weight is 460 g/mol. The van der Waals surface area contributed by atoms with Gasteiger partial charge in [-0.25, -0.2) is 4.39 Å². The van der Waals surface area contributed by atoms with E-state index in [9.17, 15) is 22.4 Å². The van der Waals surface area contributed by atoms with Gasteiger partial charge in [0, 0.05) is 12.1 Å². The number of hydrogen-bond acceptors (Lipinski definition) is 1. The van der Waals surface area contributed by atoms with Gasteiger partial charge in [0.2, 0.25) is 0 Å². The maximum Gasteiger partial charge on any atom is 0.416 e. The number of carbonyl (C=O) groups excluding carboxylic acids is 1. The summed E-state index contributed by atoms with van der Waals surface area (Å²) in [5, 5.41) is 2.58. The van der Waals surface area contributed by atoms with Gasteiger partial charge < -0.3 is 5.32 Å². The number of halogens is 4. The van der Waals surface area contributed by atoms with Crippen LogP contribution in [0.3, 0.4) is 0 Å². The molecule has 2 nitrogen and oxygen atoms in total. The molecule has 1 aromatic carbocycles. The van der Waals surface area contributed by atoms with Gasteiger partial charge in [-0.3, -0.25) is 4.79 Å². The van der Waals surface area contributed by atoms with E-state index in [1.165, 1.54) is 83.5 Å². The minimum Gasteiger partial charge on any atom is -0.352 e. The highest BCUT2D eigenvalue weighted by Gasteiger charge is 2.31. The Morgan fingerprint density at radius 2 is 1.16 bits per heavy atom. The molecule has 6 heteroatoms. The molecule has 32 heavy (non-hydrogen) atoms. The summed E-state index contributed by atoms with van der Waals surface area (Å²) in [6, 6.07) is 1.91. The zero-order valence-corrected chi connectivity index (χ0v) is 19.7. The van der Waals surface area contributed by atoms with Crippen molar-refractivity contribution in [2.45, 2.75) is 116 Å². The second-order valence-electron chi connectivity index (χ2n) is 8.79. The fraction of sp³-hybridized carbons (Fsp3) is 0.731. The molecular formula is C26H41F4NO. The van der Waals surface area contributed by atoms with Crippen LogP contribution in [0, 0.1) is 5.82 Å². The van der Waals surface area contributed by atoms with Crippen molar-refractivity contribution in [2.24, 2.45) is 0 Å². The molecule has 0 saturated carbocycles. The third-order valence-electron chi connectivity index (χ3n) is 5.80. The molecule has 0 heterocycles. The molecule has 0 aliphatic heterocycles. The van der Waals surface area contributed by atoms with Gasteiger partial charge in [-0.05, 0) is 24.6 Å². The number of rotatable bonds is 18. The number of amides is 1. The maximum absolute atomic E-state index is 13.4. The van der Waals surface area contributed by atoms with Crippen molar-refractivity contribution in [3.63, 3.8) is 0 Å². The molecule has 0 aliphatic carbocycles. The molecule has 1 aromatic rings. The van der Waals surface area contributed by atoms with E-state index in [2.05, 4.69) is 12.2 Å². The largest absolute Gasteiger partial charge is 0.416 e. The third kappa shape index (κ3) is 13.7. The van der Waals surface area contributed by atoms with Crippen LogP contribution < -0.4 is 5.32 Å². The first-order valence-corrected chi connectivity index (χ1v) is 12.5. The Kier molecular flexibility index (Phi) is 15.1. The first-order chi connectivity index (χ1) is 15.3. The summed E-state index contributed by atoms with van der Waals surface area (Å²) in [5.41, 5.74) is -1.45. The Bertz CT molecular complexity index is 631. The van der Waals surface area contributed by atoms with E-state index in [4.69, 9.17) is 0 Å². The van der Waals surface area contributed by atoms with Gasteiger partial charge in [-0.2, -0.15) is 13.2 Å². The van der Waals surface area contributed by atoms with Crippen LogP contribution in [0.5, 0.6) is 0 Å². The average Bonchev–Trinajstić information content (AvgIpc) is 2.74. The van der Waals surface area contributed by atoms with Crippen molar-refractivity contribution < 1.29 is 22.4 Å². The van der Waals surface area contributed by atoms with Gasteiger partial charge in [0.15, 0.2) is 0 Å². The summed E-state index contributed by atoms with van der Waals surface area (Å²) in [5.74, 6) is -1.73. The SMILES string of the molecule is CCCCCCCCCCCCCCCCCCNC(=O)c1cc(F)cc(C(F)(F)F)c1. The summed E-state index contributed by atoms with van der Waals surface area (Å²) in [4.78, 5) is 12.0. The molecule has 0 radical (unpaired) electrons. The lowest BCUT2D eigenvalue weighted by Crippen LogP contribution is -2.25. The van der Waals surface area contributed by atoms with Crippen molar-refractivity contribution in [1.29, 1.82) is 0 Å². The van der Waals surface area contributed by atoms with E-state index in [1.807, 2.05) is 0 Å². The summed E-state index contributed by atoms with van der Waals surface area (Å²) in [6.45, 7) is 2.63. The number of hydrogen-bond donors (Lipinski definition) is 1. The normalized spacial score (nSPS) is 11.7. The maximum atomic E-state index is 13.4. The van der Waals surface area contributed by atoms with Gasteiger partial charge >= 0.3 is 6.18 Å². The first kappa shape index (κ1) is 28.4. The van der Waals surface area contributed by atoms with E-state index in [-0.39, 0.29) is 5.56 Å². The Balaban J connectivity index is 1.97. The molecule has 184 valence electrons. The van der Waals surface area contributed by atoms with Crippen LogP contribution in [-0.4, -0.2) is 12.5 Å². The Hall–Kier alpha value is -1.59. The van der Waals surface area contributed by atoms with Crippen molar-refractivity contribution in [1.82, 2.24) is 5.32 Å². The van der Waals surface area contributed by atoms with E-state index < -0.39 is 23.5 Å². The van der Waals surface area contributed by atoms with Crippen LogP contribution in [0.15, 0.2) is 18.2 Å². The van der Waals surface area contributed by atoms with Gasteiger partial charge in [0.1, 0.15) is 5.82 Å². The Labute approximate surface area is 191 Å². The summed E-state index contributed by atoms with van der Waals surface area (Å²) < 4.78 is 51.6. The quantitative estimate of drug-likeness (QED) is 0.172. The van der Waals surface area contributed by atoms with E-state index in [0.717, 1.165) is 25.3 Å². The van der Waals surface area contributed by atoms with Crippen LogP contribution >= 0.6 is 0 Å². The number of unbranched alkanes of at least 4 members (excludes halogenated alkanes) is 15. The Morgan fingerprint density at radius 1 is 0.719 bits per heavy atom. The third-order valence-corrected chi connectivity index (χ3v) is 5.80. The van der Waals surface area contributed by atoms with Crippen LogP contribution in [0.4, 0.5) is 17.6 Å². The fourth-order valence-electron chi connectivity index (χ4n) is 3.86. The zero-order chi connectivity index (χ0) is 23.7. The highest BCUT2D eigenvalue weighted by atomic mass is 19.4. The molecule has 1 amide bonds. The van der Waals surface area contributed by atoms with Crippen LogP contribution in [-0.2, 0) is 6.18 Å². The highest BCUT2D eigenvalue weighted by Crippen LogP contribution is 2.30. The van der Waals surface area contributed by atoms with E-state index in [1.54, 1.807) is 0 Å². The van der Waals surface area contributed by atoms with Gasteiger partial charge in [0.25, 0.3) is 5.91 Å². The molecule has 0 bridgehead atoms. The van der Waals surface area contributed by atoms with Crippen molar-refractivity contribution >= 4 is 5.91 Å². The molecule has 0 aliphatic rings. The minimum absolute atomic E-state index is 0.297. The number of alkyl halides is 3. The lowest BCUT2D eigenvalue weighted by atomic mass is 10.0. The highest BCUT2D eigenvalue weighted by molar-refractivity contribution is 5.94. The number of carbonyl (C=O) groups is 1. The number of nitrogens with one attached hydrogen (secondary N) is 1. The predicted octanol–water partition coefficient (Wildman–Crippen LogP) is 8.84. The smallest absolute Gasteiger partial charge is 0.352 e. The summed E-state index contributed by atoms with van der Waals surface area (Å²) in [6.07, 6.45) is 15.4. The molecule has 1 N–H and O–H groups in total. The van der Waals surface area contributed by atoms with Crippen LogP contribution in [0.1, 0.15) is 126 Å². The second-order valence-corrected chi connectivity index (χ2v) is 8.79. The monoisotopic (exact) mass is 459 g/mol. The van der Waals surface area contributed by atoms with Crippen molar-refractivity contribution in [3.8, 4) is 0 Å². The lowest BCUT2D eigenvalue weighted by Gasteiger charge is -2.10. The first-order valence-electron chi connectivity index (χ1n) is 12.5. The van der Waals surface area contributed by atoms with E-state index in [0.29, 0.717) is 18.7 Å². The molecular weight excluding hydrogens is 418 g/mol. The molecule has 1 rings (SSSR count). The molecule has 0 atom stereocenters.